The second kappa shape index (κ2) is 4.38. The van der Waals surface area contributed by atoms with E-state index in [1.807, 2.05) is 0 Å². The topological polar surface area (TPSA) is 107 Å². The average molecular weight is 211 g/mol. The van der Waals surface area contributed by atoms with Crippen LogP contribution in [0.5, 0.6) is 0 Å². The van der Waals surface area contributed by atoms with Gasteiger partial charge in [0.1, 0.15) is 5.69 Å². The van der Waals surface area contributed by atoms with Crippen molar-refractivity contribution in [2.75, 3.05) is 12.5 Å². The number of nitrogen functional groups attached to an aromatic ring is 1. The van der Waals surface area contributed by atoms with Crippen LogP contribution in [0.3, 0.4) is 0 Å². The number of carbonyl (C=O) groups is 1. The van der Waals surface area contributed by atoms with Gasteiger partial charge in [-0.3, -0.25) is 16.0 Å². The SMILES string of the molecule is COC(=O)c1ccc([N+](=O)[O-])c(NN)c1. The molecule has 15 heavy (non-hydrogen) atoms. The Morgan fingerprint density at radius 2 is 2.27 bits per heavy atom. The van der Waals surface area contributed by atoms with Crippen molar-refractivity contribution >= 4 is 17.3 Å². The Bertz CT molecular complexity index is 405. The number of rotatable bonds is 3. The van der Waals surface area contributed by atoms with Gasteiger partial charge in [0, 0.05) is 6.07 Å². The lowest BCUT2D eigenvalue weighted by Crippen LogP contribution is -2.11. The number of methoxy groups -OCH3 is 1. The molecule has 3 N–H and O–H groups in total. The Morgan fingerprint density at radius 3 is 2.73 bits per heavy atom. The third-order valence-electron chi connectivity index (χ3n) is 1.77. The van der Waals surface area contributed by atoms with Crippen LogP contribution in [0.25, 0.3) is 0 Å². The van der Waals surface area contributed by atoms with E-state index in [-0.39, 0.29) is 16.9 Å². The number of hydrazine groups is 1. The molecule has 0 saturated heterocycles. The number of benzene rings is 1. The predicted octanol–water partition coefficient (Wildman–Crippen LogP) is 0.667. The molecule has 0 unspecified atom stereocenters. The molecule has 7 nitrogen and oxygen atoms in total. The Morgan fingerprint density at radius 1 is 1.60 bits per heavy atom. The van der Waals surface area contributed by atoms with Crippen molar-refractivity contribution in [2.45, 2.75) is 0 Å². The first-order chi connectivity index (χ1) is 7.10. The number of esters is 1. The quantitative estimate of drug-likeness (QED) is 0.329. The fourth-order valence-corrected chi connectivity index (χ4v) is 1.06. The minimum Gasteiger partial charge on any atom is -0.465 e. The molecule has 7 heteroatoms. The van der Waals surface area contributed by atoms with Crippen molar-refractivity contribution in [3.8, 4) is 0 Å². The maximum atomic E-state index is 11.1. The Hall–Kier alpha value is -2.15. The molecule has 1 aromatic carbocycles. The molecule has 0 spiro atoms. The molecule has 0 aliphatic carbocycles. The minimum absolute atomic E-state index is 0.0582. The summed E-state index contributed by atoms with van der Waals surface area (Å²) in [6.07, 6.45) is 0. The Kier molecular flexibility index (Phi) is 3.19. The highest BCUT2D eigenvalue weighted by molar-refractivity contribution is 5.91. The summed E-state index contributed by atoms with van der Waals surface area (Å²) in [5.74, 6) is 4.51. The summed E-state index contributed by atoms with van der Waals surface area (Å²) >= 11 is 0. The predicted molar refractivity (Wildman–Crippen MR) is 52.2 cm³/mol. The Balaban J connectivity index is 3.19. The van der Waals surface area contributed by atoms with Gasteiger partial charge in [-0.05, 0) is 12.1 Å². The highest BCUT2D eigenvalue weighted by Crippen LogP contribution is 2.24. The second-order valence-corrected chi connectivity index (χ2v) is 2.62. The zero-order valence-electron chi connectivity index (χ0n) is 7.89. The first-order valence-electron chi connectivity index (χ1n) is 3.93. The van der Waals surface area contributed by atoms with Gasteiger partial charge in [0.05, 0.1) is 17.6 Å². The molecule has 0 amide bonds. The van der Waals surface area contributed by atoms with Crippen LogP contribution in [0.2, 0.25) is 0 Å². The Labute approximate surface area is 84.9 Å². The number of nitro benzene ring substituents is 1. The van der Waals surface area contributed by atoms with E-state index in [9.17, 15) is 14.9 Å². The summed E-state index contributed by atoms with van der Waals surface area (Å²) in [4.78, 5) is 21.0. The molecule has 0 fully saturated rings. The van der Waals surface area contributed by atoms with Crippen LogP contribution in [0.1, 0.15) is 10.4 Å². The molecule has 1 rings (SSSR count). The van der Waals surface area contributed by atoms with E-state index in [2.05, 4.69) is 10.2 Å². The maximum absolute atomic E-state index is 11.1. The number of nitro groups is 1. The highest BCUT2D eigenvalue weighted by atomic mass is 16.6. The van der Waals surface area contributed by atoms with Crippen LogP contribution < -0.4 is 11.3 Å². The molecule has 80 valence electrons. The van der Waals surface area contributed by atoms with Crippen LogP contribution in [0.4, 0.5) is 11.4 Å². The van der Waals surface area contributed by atoms with Crippen LogP contribution in [0.15, 0.2) is 18.2 Å². The molecule has 0 atom stereocenters. The molecular weight excluding hydrogens is 202 g/mol. The van der Waals surface area contributed by atoms with Crippen molar-refractivity contribution in [3.05, 3.63) is 33.9 Å². The molecular formula is C8H9N3O4. The smallest absolute Gasteiger partial charge is 0.337 e. The molecule has 0 aliphatic heterocycles. The molecule has 0 saturated carbocycles. The number of hydrogen-bond donors (Lipinski definition) is 2. The fraction of sp³-hybridized carbons (Fsp3) is 0.125. The zero-order chi connectivity index (χ0) is 11.4. The first-order valence-corrected chi connectivity index (χ1v) is 3.93. The third kappa shape index (κ3) is 2.20. The first kappa shape index (κ1) is 10.9. The maximum Gasteiger partial charge on any atom is 0.337 e. The third-order valence-corrected chi connectivity index (χ3v) is 1.77. The number of carbonyl (C=O) groups excluding carboxylic acids is 1. The number of nitrogens with zero attached hydrogens (tertiary/aromatic N) is 1. The van der Waals surface area contributed by atoms with Gasteiger partial charge in [0.25, 0.3) is 5.69 Å². The number of nitrogens with two attached hydrogens (primary N) is 1. The van der Waals surface area contributed by atoms with Gasteiger partial charge in [-0.1, -0.05) is 0 Å². The van der Waals surface area contributed by atoms with E-state index in [4.69, 9.17) is 5.84 Å². The van der Waals surface area contributed by atoms with Crippen molar-refractivity contribution in [1.29, 1.82) is 0 Å². The zero-order valence-corrected chi connectivity index (χ0v) is 7.89. The lowest BCUT2D eigenvalue weighted by molar-refractivity contribution is -0.384. The van der Waals surface area contributed by atoms with Gasteiger partial charge in [-0.15, -0.1) is 0 Å². The van der Waals surface area contributed by atoms with E-state index in [1.54, 1.807) is 0 Å². The summed E-state index contributed by atoms with van der Waals surface area (Å²) in [7, 11) is 1.22. The number of nitrogens with one attached hydrogen (secondary N) is 1. The summed E-state index contributed by atoms with van der Waals surface area (Å²) in [5.41, 5.74) is 2.19. The standard InChI is InChI=1S/C8H9N3O4/c1-15-8(12)5-2-3-7(11(13)14)6(4-5)10-9/h2-4,10H,9H2,1H3. The monoisotopic (exact) mass is 211 g/mol. The summed E-state index contributed by atoms with van der Waals surface area (Å²) < 4.78 is 4.46. The summed E-state index contributed by atoms with van der Waals surface area (Å²) in [6, 6.07) is 3.73. The molecule has 0 aliphatic rings. The van der Waals surface area contributed by atoms with E-state index in [0.29, 0.717) is 0 Å². The van der Waals surface area contributed by atoms with E-state index in [0.717, 1.165) is 0 Å². The van der Waals surface area contributed by atoms with E-state index < -0.39 is 10.9 Å². The number of hydrogen-bond acceptors (Lipinski definition) is 6. The van der Waals surface area contributed by atoms with E-state index in [1.165, 1.54) is 25.3 Å². The largest absolute Gasteiger partial charge is 0.465 e. The van der Waals surface area contributed by atoms with Gasteiger partial charge in [0.2, 0.25) is 0 Å². The van der Waals surface area contributed by atoms with Gasteiger partial charge in [0.15, 0.2) is 0 Å². The van der Waals surface area contributed by atoms with Gasteiger partial charge in [-0.25, -0.2) is 4.79 Å². The fourth-order valence-electron chi connectivity index (χ4n) is 1.06. The second-order valence-electron chi connectivity index (χ2n) is 2.62. The molecule has 0 heterocycles. The number of anilines is 1. The van der Waals surface area contributed by atoms with Crippen LogP contribution in [-0.2, 0) is 4.74 Å². The van der Waals surface area contributed by atoms with Crippen LogP contribution in [-0.4, -0.2) is 18.0 Å². The molecule has 0 aromatic heterocycles. The highest BCUT2D eigenvalue weighted by Gasteiger charge is 2.15. The molecule has 1 aromatic rings. The lowest BCUT2D eigenvalue weighted by Gasteiger charge is -2.04. The summed E-state index contributed by atoms with van der Waals surface area (Å²) in [6.45, 7) is 0. The summed E-state index contributed by atoms with van der Waals surface area (Å²) in [5, 5.41) is 10.5. The average Bonchev–Trinajstić information content (AvgIpc) is 2.26. The lowest BCUT2D eigenvalue weighted by atomic mass is 10.2. The minimum atomic E-state index is -0.601. The number of ether oxygens (including phenoxy) is 1. The van der Waals surface area contributed by atoms with Crippen molar-refractivity contribution in [1.82, 2.24) is 0 Å². The van der Waals surface area contributed by atoms with Gasteiger partial charge < -0.3 is 10.2 Å². The van der Waals surface area contributed by atoms with Crippen LogP contribution >= 0.6 is 0 Å². The van der Waals surface area contributed by atoms with Crippen molar-refractivity contribution in [3.63, 3.8) is 0 Å². The molecule has 0 bridgehead atoms. The van der Waals surface area contributed by atoms with Crippen molar-refractivity contribution < 1.29 is 14.5 Å². The van der Waals surface area contributed by atoms with E-state index >= 15 is 0 Å². The van der Waals surface area contributed by atoms with Gasteiger partial charge >= 0.3 is 5.97 Å². The molecule has 0 radical (unpaired) electrons. The van der Waals surface area contributed by atoms with Gasteiger partial charge in [-0.2, -0.15) is 0 Å². The van der Waals surface area contributed by atoms with Crippen molar-refractivity contribution in [2.24, 2.45) is 5.84 Å². The normalized spacial score (nSPS) is 9.47. The van der Waals surface area contributed by atoms with Crippen LogP contribution in [0, 0.1) is 10.1 Å².